The number of hydrogen-bond donors (Lipinski definition) is 1. The number of nitrogens with one attached hydrogen (secondary N) is 1. The first-order chi connectivity index (χ1) is 9.81. The molecule has 2 rings (SSSR count). The SMILES string of the molecule is Cc1cc(C(=O)NC2(C)CCN(C(C)C)CC2)c(Cl)cn1. The van der Waals surface area contributed by atoms with Crippen molar-refractivity contribution in [3.05, 3.63) is 28.5 Å². The van der Waals surface area contributed by atoms with Gasteiger partial charge in [0, 0.05) is 36.6 Å². The third kappa shape index (κ3) is 3.95. The van der Waals surface area contributed by atoms with Gasteiger partial charge >= 0.3 is 0 Å². The van der Waals surface area contributed by atoms with Crippen LogP contribution >= 0.6 is 11.6 Å². The molecule has 5 heteroatoms. The van der Waals surface area contributed by atoms with E-state index >= 15 is 0 Å². The maximum absolute atomic E-state index is 12.5. The molecule has 0 aromatic carbocycles. The van der Waals surface area contributed by atoms with Crippen LogP contribution in [-0.2, 0) is 0 Å². The molecule has 116 valence electrons. The third-order valence-electron chi connectivity index (χ3n) is 4.28. The number of pyridine rings is 1. The van der Waals surface area contributed by atoms with Crippen LogP contribution in [0.2, 0.25) is 5.02 Å². The van der Waals surface area contributed by atoms with Gasteiger partial charge in [0.2, 0.25) is 0 Å². The first-order valence-electron chi connectivity index (χ1n) is 7.49. The Morgan fingerprint density at radius 2 is 2.05 bits per heavy atom. The number of rotatable bonds is 3. The fourth-order valence-corrected chi connectivity index (χ4v) is 2.91. The van der Waals surface area contributed by atoms with Crippen molar-refractivity contribution in [1.82, 2.24) is 15.2 Å². The minimum atomic E-state index is -0.164. The molecular formula is C16H24ClN3O. The summed E-state index contributed by atoms with van der Waals surface area (Å²) in [7, 11) is 0. The molecular weight excluding hydrogens is 286 g/mol. The van der Waals surface area contributed by atoms with Gasteiger partial charge in [0.1, 0.15) is 0 Å². The Bertz CT molecular complexity index is 522. The zero-order chi connectivity index (χ0) is 15.6. The topological polar surface area (TPSA) is 45.2 Å². The van der Waals surface area contributed by atoms with E-state index in [0.717, 1.165) is 31.6 Å². The molecule has 1 aromatic heterocycles. The van der Waals surface area contributed by atoms with E-state index in [2.05, 4.69) is 36.0 Å². The minimum Gasteiger partial charge on any atom is -0.347 e. The molecule has 4 nitrogen and oxygen atoms in total. The van der Waals surface area contributed by atoms with Crippen molar-refractivity contribution in [2.75, 3.05) is 13.1 Å². The molecule has 0 unspecified atom stereocenters. The second kappa shape index (κ2) is 6.32. The Morgan fingerprint density at radius 3 is 2.62 bits per heavy atom. The predicted octanol–water partition coefficient (Wildman–Crippen LogP) is 3.04. The van der Waals surface area contributed by atoms with Gasteiger partial charge in [-0.25, -0.2) is 0 Å². The van der Waals surface area contributed by atoms with Gasteiger partial charge in [0.15, 0.2) is 0 Å². The van der Waals surface area contributed by atoms with Gasteiger partial charge in [0.05, 0.1) is 10.6 Å². The van der Waals surface area contributed by atoms with Crippen LogP contribution in [0.3, 0.4) is 0 Å². The van der Waals surface area contributed by atoms with E-state index in [1.165, 1.54) is 6.20 Å². The van der Waals surface area contributed by atoms with Crippen molar-refractivity contribution in [3.63, 3.8) is 0 Å². The van der Waals surface area contributed by atoms with Crippen LogP contribution in [0, 0.1) is 6.92 Å². The minimum absolute atomic E-state index is 0.106. The molecule has 1 saturated heterocycles. The summed E-state index contributed by atoms with van der Waals surface area (Å²) in [6.07, 6.45) is 3.45. The molecule has 1 fully saturated rings. The normalized spacial score (nSPS) is 18.8. The van der Waals surface area contributed by atoms with Crippen LogP contribution in [0.4, 0.5) is 0 Å². The van der Waals surface area contributed by atoms with Crippen LogP contribution in [-0.4, -0.2) is 40.5 Å². The summed E-state index contributed by atoms with van der Waals surface area (Å²) in [6, 6.07) is 2.30. The maximum atomic E-state index is 12.5. The molecule has 2 heterocycles. The highest BCUT2D eigenvalue weighted by molar-refractivity contribution is 6.33. The van der Waals surface area contributed by atoms with E-state index in [1.807, 2.05) is 6.92 Å². The number of nitrogens with zero attached hydrogens (tertiary/aromatic N) is 2. The molecule has 0 spiro atoms. The van der Waals surface area contributed by atoms with Gasteiger partial charge in [-0.2, -0.15) is 0 Å². The summed E-state index contributed by atoms with van der Waals surface area (Å²) in [6.45, 7) is 10.4. The first kappa shape index (κ1) is 16.2. The summed E-state index contributed by atoms with van der Waals surface area (Å²) in [5.41, 5.74) is 1.14. The van der Waals surface area contributed by atoms with Gasteiger partial charge in [-0.05, 0) is 46.6 Å². The first-order valence-corrected chi connectivity index (χ1v) is 7.87. The summed E-state index contributed by atoms with van der Waals surface area (Å²) in [5.74, 6) is -0.106. The highest BCUT2D eigenvalue weighted by Gasteiger charge is 2.32. The zero-order valence-corrected chi connectivity index (χ0v) is 14.0. The summed E-state index contributed by atoms with van der Waals surface area (Å²) >= 11 is 6.09. The third-order valence-corrected chi connectivity index (χ3v) is 4.59. The lowest BCUT2D eigenvalue weighted by molar-refractivity contribution is 0.0801. The highest BCUT2D eigenvalue weighted by Crippen LogP contribution is 2.24. The van der Waals surface area contributed by atoms with Gasteiger partial charge in [-0.15, -0.1) is 0 Å². The Hall–Kier alpha value is -1.13. The molecule has 21 heavy (non-hydrogen) atoms. The molecule has 1 aromatic rings. The lowest BCUT2D eigenvalue weighted by atomic mass is 9.88. The molecule has 1 aliphatic rings. The maximum Gasteiger partial charge on any atom is 0.253 e. The molecule has 0 saturated carbocycles. The summed E-state index contributed by atoms with van der Waals surface area (Å²) in [5, 5.41) is 3.57. The molecule has 0 radical (unpaired) electrons. The number of halogens is 1. The number of amides is 1. The Kier molecular flexibility index (Phi) is 4.89. The monoisotopic (exact) mass is 309 g/mol. The van der Waals surface area contributed by atoms with Crippen molar-refractivity contribution in [1.29, 1.82) is 0 Å². The average Bonchev–Trinajstić information content (AvgIpc) is 2.41. The van der Waals surface area contributed by atoms with Gasteiger partial charge in [0.25, 0.3) is 5.91 Å². The molecule has 1 N–H and O–H groups in total. The lowest BCUT2D eigenvalue weighted by Crippen LogP contribution is -2.54. The second-order valence-corrected chi connectivity index (χ2v) is 6.86. The number of carbonyl (C=O) groups is 1. The van der Waals surface area contributed by atoms with Crippen LogP contribution in [0.5, 0.6) is 0 Å². The number of piperidine rings is 1. The van der Waals surface area contributed by atoms with Gasteiger partial charge in [-0.1, -0.05) is 11.6 Å². The fourth-order valence-electron chi connectivity index (χ4n) is 2.72. The second-order valence-electron chi connectivity index (χ2n) is 6.45. The molecule has 1 aliphatic heterocycles. The van der Waals surface area contributed by atoms with Crippen molar-refractivity contribution in [2.45, 2.75) is 52.1 Å². The van der Waals surface area contributed by atoms with Crippen molar-refractivity contribution in [3.8, 4) is 0 Å². The van der Waals surface area contributed by atoms with Crippen LogP contribution in [0.25, 0.3) is 0 Å². The highest BCUT2D eigenvalue weighted by atomic mass is 35.5. The molecule has 0 aliphatic carbocycles. The standard InChI is InChI=1S/C16H24ClN3O/c1-11(2)20-7-5-16(4,6-8-20)19-15(21)13-9-12(3)18-10-14(13)17/h9-11H,5-8H2,1-4H3,(H,19,21). The summed E-state index contributed by atoms with van der Waals surface area (Å²) in [4.78, 5) is 19.0. The molecule has 0 atom stereocenters. The number of hydrogen-bond acceptors (Lipinski definition) is 3. The largest absolute Gasteiger partial charge is 0.347 e. The van der Waals surface area contributed by atoms with Crippen LogP contribution < -0.4 is 5.32 Å². The number of carbonyl (C=O) groups excluding carboxylic acids is 1. The van der Waals surface area contributed by atoms with Crippen molar-refractivity contribution < 1.29 is 4.79 Å². The van der Waals surface area contributed by atoms with Crippen LogP contribution in [0.15, 0.2) is 12.3 Å². The van der Waals surface area contributed by atoms with E-state index in [1.54, 1.807) is 6.07 Å². The van der Waals surface area contributed by atoms with Crippen molar-refractivity contribution in [2.24, 2.45) is 0 Å². The molecule has 0 bridgehead atoms. The van der Waals surface area contributed by atoms with E-state index in [9.17, 15) is 4.79 Å². The van der Waals surface area contributed by atoms with Crippen LogP contribution in [0.1, 0.15) is 49.7 Å². The number of aromatic nitrogens is 1. The smallest absolute Gasteiger partial charge is 0.253 e. The predicted molar refractivity (Wildman–Crippen MR) is 85.8 cm³/mol. The fraction of sp³-hybridized carbons (Fsp3) is 0.625. The Morgan fingerprint density at radius 1 is 1.43 bits per heavy atom. The number of likely N-dealkylation sites (tertiary alicyclic amines) is 1. The lowest BCUT2D eigenvalue weighted by Gasteiger charge is -2.41. The average molecular weight is 310 g/mol. The zero-order valence-electron chi connectivity index (χ0n) is 13.2. The van der Waals surface area contributed by atoms with E-state index in [0.29, 0.717) is 16.6 Å². The van der Waals surface area contributed by atoms with E-state index < -0.39 is 0 Å². The quantitative estimate of drug-likeness (QED) is 0.933. The Balaban J connectivity index is 2.04. The Labute approximate surface area is 131 Å². The van der Waals surface area contributed by atoms with E-state index in [-0.39, 0.29) is 11.4 Å². The summed E-state index contributed by atoms with van der Waals surface area (Å²) < 4.78 is 0. The molecule has 1 amide bonds. The number of aryl methyl sites for hydroxylation is 1. The van der Waals surface area contributed by atoms with E-state index in [4.69, 9.17) is 11.6 Å². The van der Waals surface area contributed by atoms with Crippen molar-refractivity contribution >= 4 is 17.5 Å². The van der Waals surface area contributed by atoms with Gasteiger partial charge < -0.3 is 10.2 Å². The van der Waals surface area contributed by atoms with Gasteiger partial charge in [-0.3, -0.25) is 9.78 Å².